The molecule has 0 aliphatic carbocycles. The third-order valence-electron chi connectivity index (χ3n) is 4.80. The second-order valence-electron chi connectivity index (χ2n) is 6.76. The highest BCUT2D eigenvalue weighted by Gasteiger charge is 2.19. The number of rotatable bonds is 6. The van der Waals surface area contributed by atoms with Crippen LogP contribution < -0.4 is 5.73 Å². The molecule has 0 saturated carbocycles. The van der Waals surface area contributed by atoms with Crippen molar-refractivity contribution in [3.8, 4) is 11.1 Å². The van der Waals surface area contributed by atoms with Crippen molar-refractivity contribution in [1.29, 1.82) is 0 Å². The fourth-order valence-electron chi connectivity index (χ4n) is 3.35. The summed E-state index contributed by atoms with van der Waals surface area (Å²) < 4.78 is 41.9. The molecule has 3 rings (SSSR count). The SMILES string of the molecule is Cc1c(-c2ccc(S(=O)(=O)N(C)C)cc2)c2ccccc2n1CC(F)=CCN. The van der Waals surface area contributed by atoms with Gasteiger partial charge in [0.1, 0.15) is 5.83 Å². The molecule has 28 heavy (non-hydrogen) atoms. The molecule has 7 heteroatoms. The first-order valence-electron chi connectivity index (χ1n) is 8.92. The zero-order valence-electron chi connectivity index (χ0n) is 16.2. The van der Waals surface area contributed by atoms with Gasteiger partial charge in [-0.05, 0) is 36.8 Å². The highest BCUT2D eigenvalue weighted by molar-refractivity contribution is 7.89. The number of halogens is 1. The van der Waals surface area contributed by atoms with Crippen molar-refractivity contribution in [2.24, 2.45) is 5.73 Å². The molecular formula is C21H24FN3O2S. The number of hydrogen-bond acceptors (Lipinski definition) is 3. The highest BCUT2D eigenvalue weighted by Crippen LogP contribution is 2.35. The number of nitrogens with two attached hydrogens (primary N) is 1. The van der Waals surface area contributed by atoms with Gasteiger partial charge in [-0.15, -0.1) is 0 Å². The van der Waals surface area contributed by atoms with Crippen LogP contribution in [0.25, 0.3) is 22.0 Å². The van der Waals surface area contributed by atoms with Gasteiger partial charge in [0.2, 0.25) is 10.0 Å². The normalized spacial score (nSPS) is 12.9. The maximum atomic E-state index is 14.2. The van der Waals surface area contributed by atoms with E-state index in [1.165, 1.54) is 24.5 Å². The molecule has 5 nitrogen and oxygen atoms in total. The second kappa shape index (κ2) is 7.87. The number of sulfonamides is 1. The minimum absolute atomic E-state index is 0.108. The predicted octanol–water partition coefficient (Wildman–Crippen LogP) is 3.68. The Morgan fingerprint density at radius 2 is 1.79 bits per heavy atom. The number of para-hydroxylation sites is 1. The van der Waals surface area contributed by atoms with E-state index >= 15 is 0 Å². The van der Waals surface area contributed by atoms with Gasteiger partial charge in [-0.1, -0.05) is 30.3 Å². The molecule has 2 aromatic carbocycles. The van der Waals surface area contributed by atoms with Crippen molar-refractivity contribution >= 4 is 20.9 Å². The van der Waals surface area contributed by atoms with Gasteiger partial charge >= 0.3 is 0 Å². The largest absolute Gasteiger partial charge is 0.337 e. The lowest BCUT2D eigenvalue weighted by atomic mass is 10.0. The summed E-state index contributed by atoms with van der Waals surface area (Å²) in [4.78, 5) is 0.236. The summed E-state index contributed by atoms with van der Waals surface area (Å²) in [6.07, 6.45) is 1.37. The lowest BCUT2D eigenvalue weighted by molar-refractivity contribution is 0.521. The first-order chi connectivity index (χ1) is 13.3. The highest BCUT2D eigenvalue weighted by atomic mass is 32.2. The first-order valence-corrected chi connectivity index (χ1v) is 10.4. The molecule has 0 unspecified atom stereocenters. The van der Waals surface area contributed by atoms with E-state index in [4.69, 9.17) is 5.73 Å². The summed E-state index contributed by atoms with van der Waals surface area (Å²) in [5, 5.41) is 0.990. The van der Waals surface area contributed by atoms with Crippen LogP contribution in [0, 0.1) is 6.92 Å². The molecule has 0 aliphatic heterocycles. The molecule has 0 bridgehead atoms. The zero-order chi connectivity index (χ0) is 20.5. The summed E-state index contributed by atoms with van der Waals surface area (Å²) >= 11 is 0. The summed E-state index contributed by atoms with van der Waals surface area (Å²) in [5.74, 6) is -0.287. The molecule has 0 saturated heterocycles. The van der Waals surface area contributed by atoms with E-state index in [0.717, 1.165) is 27.7 Å². The maximum absolute atomic E-state index is 14.2. The van der Waals surface area contributed by atoms with Gasteiger partial charge < -0.3 is 10.3 Å². The minimum Gasteiger partial charge on any atom is -0.337 e. The number of aromatic nitrogens is 1. The first kappa shape index (κ1) is 20.3. The van der Waals surface area contributed by atoms with Crippen LogP contribution in [0.3, 0.4) is 0 Å². The van der Waals surface area contributed by atoms with E-state index in [0.29, 0.717) is 0 Å². The molecule has 0 amide bonds. The lowest BCUT2D eigenvalue weighted by Gasteiger charge is -2.12. The minimum atomic E-state index is -3.49. The Hall–Kier alpha value is -2.48. The lowest BCUT2D eigenvalue weighted by Crippen LogP contribution is -2.22. The molecule has 0 aliphatic rings. The van der Waals surface area contributed by atoms with E-state index < -0.39 is 10.0 Å². The standard InChI is InChI=1S/C21H24FN3O2S/c1-15-21(16-8-10-18(11-9-16)28(26,27)24(2)3)19-6-4-5-7-20(19)25(15)14-17(22)12-13-23/h4-12H,13-14,23H2,1-3H3. The fraction of sp³-hybridized carbons (Fsp3) is 0.238. The average Bonchev–Trinajstić information content (AvgIpc) is 2.94. The Bertz CT molecular complexity index is 1130. The van der Waals surface area contributed by atoms with Gasteiger partial charge in [-0.3, -0.25) is 0 Å². The number of allylic oxidation sites excluding steroid dienone is 1. The molecule has 148 valence electrons. The number of nitrogens with zero attached hydrogens (tertiary/aromatic N) is 2. The van der Waals surface area contributed by atoms with Crippen LogP contribution in [0.1, 0.15) is 5.69 Å². The molecule has 1 heterocycles. The second-order valence-corrected chi connectivity index (χ2v) is 8.91. The van der Waals surface area contributed by atoms with E-state index in [1.807, 2.05) is 35.8 Å². The number of hydrogen-bond donors (Lipinski definition) is 1. The van der Waals surface area contributed by atoms with E-state index in [1.54, 1.807) is 24.3 Å². The molecular weight excluding hydrogens is 377 g/mol. The third-order valence-corrected chi connectivity index (χ3v) is 6.63. The topological polar surface area (TPSA) is 68.3 Å². The van der Waals surface area contributed by atoms with Crippen molar-refractivity contribution in [1.82, 2.24) is 8.87 Å². The Balaban J connectivity index is 2.14. The van der Waals surface area contributed by atoms with Crippen LogP contribution in [0.2, 0.25) is 0 Å². The van der Waals surface area contributed by atoms with Gasteiger partial charge in [-0.25, -0.2) is 17.1 Å². The van der Waals surface area contributed by atoms with Crippen molar-refractivity contribution in [2.75, 3.05) is 20.6 Å². The molecule has 0 radical (unpaired) electrons. The number of benzene rings is 2. The van der Waals surface area contributed by atoms with Gasteiger partial charge in [0.05, 0.1) is 11.4 Å². The molecule has 3 aromatic rings. The van der Waals surface area contributed by atoms with Crippen molar-refractivity contribution in [3.05, 3.63) is 66.1 Å². The Kier molecular flexibility index (Phi) is 5.69. The van der Waals surface area contributed by atoms with E-state index in [-0.39, 0.29) is 23.8 Å². The zero-order valence-corrected chi connectivity index (χ0v) is 17.0. The summed E-state index contributed by atoms with van der Waals surface area (Å²) in [6.45, 7) is 2.20. The van der Waals surface area contributed by atoms with Crippen LogP contribution in [0.4, 0.5) is 4.39 Å². The molecule has 2 N–H and O–H groups in total. The van der Waals surface area contributed by atoms with Crippen molar-refractivity contribution in [2.45, 2.75) is 18.4 Å². The third kappa shape index (κ3) is 3.61. The monoisotopic (exact) mass is 401 g/mol. The van der Waals surface area contributed by atoms with Crippen molar-refractivity contribution < 1.29 is 12.8 Å². The quantitative estimate of drug-likeness (QED) is 0.685. The molecule has 0 spiro atoms. The Labute approximate surface area is 164 Å². The van der Waals surface area contributed by atoms with Crippen LogP contribution in [0.15, 0.2) is 65.3 Å². The Morgan fingerprint density at radius 3 is 2.39 bits per heavy atom. The van der Waals surface area contributed by atoms with Gasteiger partial charge in [0, 0.05) is 42.8 Å². The van der Waals surface area contributed by atoms with Crippen LogP contribution in [-0.2, 0) is 16.6 Å². The van der Waals surface area contributed by atoms with Crippen LogP contribution in [-0.4, -0.2) is 37.9 Å². The smallest absolute Gasteiger partial charge is 0.242 e. The van der Waals surface area contributed by atoms with E-state index in [9.17, 15) is 12.8 Å². The van der Waals surface area contributed by atoms with Gasteiger partial charge in [0.15, 0.2) is 0 Å². The fourth-order valence-corrected chi connectivity index (χ4v) is 4.25. The number of fused-ring (bicyclic) bond motifs is 1. The molecule has 0 fully saturated rings. The van der Waals surface area contributed by atoms with Gasteiger partial charge in [0.25, 0.3) is 0 Å². The van der Waals surface area contributed by atoms with Crippen LogP contribution in [0.5, 0.6) is 0 Å². The summed E-state index contributed by atoms with van der Waals surface area (Å²) in [7, 11) is -0.477. The van der Waals surface area contributed by atoms with E-state index in [2.05, 4.69) is 0 Å². The van der Waals surface area contributed by atoms with Crippen LogP contribution >= 0.6 is 0 Å². The van der Waals surface area contributed by atoms with Gasteiger partial charge in [-0.2, -0.15) is 0 Å². The maximum Gasteiger partial charge on any atom is 0.242 e. The van der Waals surface area contributed by atoms with Crippen molar-refractivity contribution in [3.63, 3.8) is 0 Å². The molecule has 1 aromatic heterocycles. The predicted molar refractivity (Wildman–Crippen MR) is 111 cm³/mol. The molecule has 0 atom stereocenters. The summed E-state index contributed by atoms with van der Waals surface area (Å²) in [6, 6.07) is 14.6. The Morgan fingerprint density at radius 1 is 1.14 bits per heavy atom. The average molecular weight is 402 g/mol. The summed E-state index contributed by atoms with van der Waals surface area (Å²) in [5.41, 5.74) is 9.09.